The van der Waals surface area contributed by atoms with Crippen molar-refractivity contribution >= 4 is 16.6 Å². The fourth-order valence-electron chi connectivity index (χ4n) is 4.67. The smallest absolute Gasteiger partial charge is 0.151 e. The van der Waals surface area contributed by atoms with Gasteiger partial charge in [-0.05, 0) is 48.9 Å². The lowest BCUT2D eigenvalue weighted by Gasteiger charge is -2.44. The molecule has 2 saturated heterocycles. The van der Waals surface area contributed by atoms with Gasteiger partial charge in [0.15, 0.2) is 5.82 Å². The molecule has 27 heavy (non-hydrogen) atoms. The molecule has 2 fully saturated rings. The molecule has 1 aromatic heterocycles. The maximum absolute atomic E-state index is 4.60. The Labute approximate surface area is 160 Å². The molecule has 2 unspecified atom stereocenters. The van der Waals surface area contributed by atoms with Gasteiger partial charge in [0, 0.05) is 30.7 Å². The topological polar surface area (TPSA) is 32.3 Å². The van der Waals surface area contributed by atoms with Crippen molar-refractivity contribution < 1.29 is 0 Å². The molecule has 138 valence electrons. The second-order valence-electron chi connectivity index (χ2n) is 8.00. The van der Waals surface area contributed by atoms with E-state index < -0.39 is 0 Å². The van der Waals surface area contributed by atoms with E-state index in [0.717, 1.165) is 30.2 Å². The molecule has 2 bridgehead atoms. The zero-order chi connectivity index (χ0) is 18.2. The largest absolute Gasteiger partial charge is 0.352 e. The van der Waals surface area contributed by atoms with Crippen LogP contribution in [-0.2, 0) is 0 Å². The van der Waals surface area contributed by atoms with Gasteiger partial charge in [-0.15, -0.1) is 10.2 Å². The molecule has 2 aromatic carbocycles. The van der Waals surface area contributed by atoms with Gasteiger partial charge in [-0.25, -0.2) is 0 Å². The molecular weight excluding hydrogens is 332 g/mol. The van der Waals surface area contributed by atoms with E-state index in [1.807, 2.05) is 0 Å². The van der Waals surface area contributed by atoms with Crippen LogP contribution in [0.15, 0.2) is 54.6 Å². The highest BCUT2D eigenvalue weighted by Crippen LogP contribution is 2.29. The standard InChI is InChI=1S/C23H26N4/c1-26-20-8-4-5-9-21(26)16-27(15-20)23-13-12-22(24-25-23)19-11-10-17-6-2-3-7-18(17)14-19/h2-3,6-7,10-14,20-21H,4-5,8-9,15-16H2,1H3. The maximum Gasteiger partial charge on any atom is 0.151 e. The van der Waals surface area contributed by atoms with Crippen LogP contribution in [0.25, 0.3) is 22.0 Å². The molecule has 4 heteroatoms. The van der Waals surface area contributed by atoms with Crippen LogP contribution in [0.2, 0.25) is 0 Å². The number of hydrogen-bond acceptors (Lipinski definition) is 4. The number of benzene rings is 2. The lowest BCUT2D eigenvalue weighted by molar-refractivity contribution is 0.149. The Morgan fingerprint density at radius 2 is 1.56 bits per heavy atom. The Kier molecular flexibility index (Phi) is 4.29. The minimum Gasteiger partial charge on any atom is -0.352 e. The Hall–Kier alpha value is -2.46. The van der Waals surface area contributed by atoms with Crippen molar-refractivity contribution in [1.82, 2.24) is 15.1 Å². The van der Waals surface area contributed by atoms with Crippen LogP contribution in [0, 0.1) is 0 Å². The summed E-state index contributed by atoms with van der Waals surface area (Å²) in [6.07, 6.45) is 5.30. The molecule has 5 rings (SSSR count). The van der Waals surface area contributed by atoms with E-state index in [0.29, 0.717) is 12.1 Å². The van der Waals surface area contributed by atoms with Gasteiger partial charge in [-0.2, -0.15) is 0 Å². The average molecular weight is 358 g/mol. The number of hydrogen-bond donors (Lipinski definition) is 0. The third kappa shape index (κ3) is 3.19. The molecule has 2 aliphatic heterocycles. The summed E-state index contributed by atoms with van der Waals surface area (Å²) in [5.74, 6) is 1.02. The van der Waals surface area contributed by atoms with Crippen molar-refractivity contribution in [3.63, 3.8) is 0 Å². The van der Waals surface area contributed by atoms with Gasteiger partial charge in [0.2, 0.25) is 0 Å². The highest BCUT2D eigenvalue weighted by atomic mass is 15.3. The van der Waals surface area contributed by atoms with Crippen LogP contribution in [0.1, 0.15) is 25.7 Å². The predicted octanol–water partition coefficient (Wildman–Crippen LogP) is 4.36. The van der Waals surface area contributed by atoms with E-state index >= 15 is 0 Å². The summed E-state index contributed by atoms with van der Waals surface area (Å²) in [5, 5.41) is 11.7. The Bertz CT molecular complexity index is 921. The molecule has 0 spiro atoms. The molecule has 4 nitrogen and oxygen atoms in total. The van der Waals surface area contributed by atoms with Crippen LogP contribution in [0.5, 0.6) is 0 Å². The first kappa shape index (κ1) is 16.7. The number of rotatable bonds is 2. The Balaban J connectivity index is 1.39. The van der Waals surface area contributed by atoms with E-state index in [-0.39, 0.29) is 0 Å². The molecule has 2 atom stereocenters. The third-order valence-corrected chi connectivity index (χ3v) is 6.36. The quantitative estimate of drug-likeness (QED) is 0.681. The van der Waals surface area contributed by atoms with Gasteiger partial charge in [0.05, 0.1) is 5.69 Å². The minimum atomic E-state index is 0.646. The minimum absolute atomic E-state index is 0.646. The van der Waals surface area contributed by atoms with Gasteiger partial charge in [0.25, 0.3) is 0 Å². The first-order valence-corrected chi connectivity index (χ1v) is 10.1. The summed E-state index contributed by atoms with van der Waals surface area (Å²) in [6.45, 7) is 2.13. The molecule has 2 aliphatic rings. The number of anilines is 1. The summed E-state index contributed by atoms with van der Waals surface area (Å²) in [4.78, 5) is 5.04. The van der Waals surface area contributed by atoms with E-state index in [1.165, 1.54) is 36.5 Å². The molecule has 0 radical (unpaired) electrons. The predicted molar refractivity (Wildman–Crippen MR) is 111 cm³/mol. The van der Waals surface area contributed by atoms with Crippen molar-refractivity contribution in [2.45, 2.75) is 37.8 Å². The van der Waals surface area contributed by atoms with E-state index in [9.17, 15) is 0 Å². The number of likely N-dealkylation sites (N-methyl/N-ethyl adjacent to an activating group) is 1. The van der Waals surface area contributed by atoms with E-state index in [4.69, 9.17) is 0 Å². The Morgan fingerprint density at radius 3 is 2.26 bits per heavy atom. The van der Waals surface area contributed by atoms with E-state index in [2.05, 4.69) is 81.6 Å². The average Bonchev–Trinajstić information content (AvgIpc) is 2.82. The second-order valence-corrected chi connectivity index (χ2v) is 8.00. The molecular formula is C23H26N4. The van der Waals surface area contributed by atoms with Crippen molar-refractivity contribution in [2.75, 3.05) is 25.0 Å². The highest BCUT2D eigenvalue weighted by molar-refractivity contribution is 5.86. The summed E-state index contributed by atoms with van der Waals surface area (Å²) in [6, 6.07) is 20.5. The lowest BCUT2D eigenvalue weighted by Crippen LogP contribution is -2.56. The maximum atomic E-state index is 4.60. The van der Waals surface area contributed by atoms with Crippen LogP contribution < -0.4 is 4.90 Å². The number of aromatic nitrogens is 2. The molecule has 3 heterocycles. The normalized spacial score (nSPS) is 23.4. The first-order chi connectivity index (χ1) is 13.3. The summed E-state index contributed by atoms with van der Waals surface area (Å²) >= 11 is 0. The Morgan fingerprint density at radius 1 is 0.815 bits per heavy atom. The summed E-state index contributed by atoms with van der Waals surface area (Å²) in [7, 11) is 2.30. The number of nitrogens with zero attached hydrogens (tertiary/aromatic N) is 4. The van der Waals surface area contributed by atoms with Gasteiger partial charge in [-0.1, -0.05) is 49.2 Å². The molecule has 0 saturated carbocycles. The molecule has 0 amide bonds. The van der Waals surface area contributed by atoms with Crippen molar-refractivity contribution in [3.8, 4) is 11.3 Å². The van der Waals surface area contributed by atoms with Crippen molar-refractivity contribution in [2.24, 2.45) is 0 Å². The molecule has 0 N–H and O–H groups in total. The lowest BCUT2D eigenvalue weighted by atomic mass is 10.0. The zero-order valence-electron chi connectivity index (χ0n) is 15.9. The molecule has 3 aromatic rings. The number of piperazine rings is 1. The van der Waals surface area contributed by atoms with Gasteiger partial charge < -0.3 is 4.90 Å². The second kappa shape index (κ2) is 6.93. The van der Waals surface area contributed by atoms with Crippen LogP contribution >= 0.6 is 0 Å². The fraction of sp³-hybridized carbons (Fsp3) is 0.391. The first-order valence-electron chi connectivity index (χ1n) is 10.1. The SMILES string of the molecule is CN1C2CCCCC1CN(c1ccc(-c3ccc4ccccc4c3)nn1)C2. The van der Waals surface area contributed by atoms with E-state index in [1.54, 1.807) is 0 Å². The summed E-state index contributed by atoms with van der Waals surface area (Å²) in [5.41, 5.74) is 2.07. The number of fused-ring (bicyclic) bond motifs is 3. The van der Waals surface area contributed by atoms with Crippen LogP contribution in [0.4, 0.5) is 5.82 Å². The third-order valence-electron chi connectivity index (χ3n) is 6.36. The highest BCUT2D eigenvalue weighted by Gasteiger charge is 2.33. The van der Waals surface area contributed by atoms with Gasteiger partial charge >= 0.3 is 0 Å². The van der Waals surface area contributed by atoms with Crippen molar-refractivity contribution in [1.29, 1.82) is 0 Å². The summed E-state index contributed by atoms with van der Waals surface area (Å²) < 4.78 is 0. The molecule has 0 aliphatic carbocycles. The zero-order valence-corrected chi connectivity index (χ0v) is 15.9. The van der Waals surface area contributed by atoms with Gasteiger partial charge in [0.1, 0.15) is 0 Å². The van der Waals surface area contributed by atoms with Crippen molar-refractivity contribution in [3.05, 3.63) is 54.6 Å². The van der Waals surface area contributed by atoms with Crippen LogP contribution in [-0.4, -0.2) is 47.3 Å². The fourth-order valence-corrected chi connectivity index (χ4v) is 4.67. The van der Waals surface area contributed by atoms with Crippen LogP contribution in [0.3, 0.4) is 0 Å². The monoisotopic (exact) mass is 358 g/mol. The van der Waals surface area contributed by atoms with Gasteiger partial charge in [-0.3, -0.25) is 4.90 Å².